The molecule has 1 amide bonds. The molecule has 0 bridgehead atoms. The van der Waals surface area contributed by atoms with Crippen molar-refractivity contribution in [2.24, 2.45) is 0 Å². The van der Waals surface area contributed by atoms with Crippen LogP contribution in [0.15, 0.2) is 24.3 Å². The summed E-state index contributed by atoms with van der Waals surface area (Å²) in [6.45, 7) is 4.04. The monoisotopic (exact) mass is 221 g/mol. The number of benzene rings is 1. The number of carbonyl (C=O) groups is 1. The van der Waals surface area contributed by atoms with Crippen molar-refractivity contribution in [3.63, 3.8) is 0 Å². The van der Waals surface area contributed by atoms with Crippen LogP contribution in [0.4, 0.5) is 0 Å². The third-order valence-electron chi connectivity index (χ3n) is 2.65. The summed E-state index contributed by atoms with van der Waals surface area (Å²) in [4.78, 5) is 10.4. The number of aryl methyl sites for hydroxylation is 1. The van der Waals surface area contributed by atoms with Gasteiger partial charge < -0.3 is 10.1 Å². The van der Waals surface area contributed by atoms with Crippen LogP contribution in [-0.2, 0) is 11.2 Å². The zero-order chi connectivity index (χ0) is 12.0. The highest BCUT2D eigenvalue weighted by Crippen LogP contribution is 2.16. The second kappa shape index (κ2) is 5.54. The molecular formula is C13H19NO2. The summed E-state index contributed by atoms with van der Waals surface area (Å²) in [6.07, 6.45) is 2.62. The highest BCUT2D eigenvalue weighted by molar-refractivity contribution is 5.47. The molecule has 1 aromatic carbocycles. The molecule has 1 rings (SSSR count). The van der Waals surface area contributed by atoms with Crippen molar-refractivity contribution in [2.75, 3.05) is 7.11 Å². The summed E-state index contributed by atoms with van der Waals surface area (Å²) in [5.74, 6) is 0.869. The molecule has 0 unspecified atom stereocenters. The van der Waals surface area contributed by atoms with Crippen LogP contribution >= 0.6 is 0 Å². The van der Waals surface area contributed by atoms with Gasteiger partial charge in [-0.2, -0.15) is 0 Å². The zero-order valence-corrected chi connectivity index (χ0v) is 10.1. The molecule has 0 spiro atoms. The van der Waals surface area contributed by atoms with Crippen molar-refractivity contribution in [3.05, 3.63) is 29.8 Å². The predicted octanol–water partition coefficient (Wildman–Crippen LogP) is 2.15. The number of hydrogen-bond acceptors (Lipinski definition) is 2. The minimum absolute atomic E-state index is 0.151. The van der Waals surface area contributed by atoms with Crippen LogP contribution < -0.4 is 10.1 Å². The van der Waals surface area contributed by atoms with Crippen LogP contribution in [0.3, 0.4) is 0 Å². The standard InChI is InChI=1S/C13H19NO2/c1-13(2,14-10-15)9-8-11-4-6-12(16-3)7-5-11/h4-7,10H,8-9H2,1-3H3,(H,14,15). The smallest absolute Gasteiger partial charge is 0.207 e. The molecule has 0 fully saturated rings. The van der Waals surface area contributed by atoms with Gasteiger partial charge in [0.1, 0.15) is 5.75 Å². The number of methoxy groups -OCH3 is 1. The normalized spacial score (nSPS) is 10.9. The fraction of sp³-hybridized carbons (Fsp3) is 0.462. The summed E-state index contributed by atoms with van der Waals surface area (Å²) < 4.78 is 5.09. The van der Waals surface area contributed by atoms with Crippen LogP contribution in [-0.4, -0.2) is 19.1 Å². The van der Waals surface area contributed by atoms with Crippen molar-refractivity contribution in [3.8, 4) is 5.75 Å². The summed E-state index contributed by atoms with van der Waals surface area (Å²) in [5.41, 5.74) is 1.10. The lowest BCUT2D eigenvalue weighted by atomic mass is 9.95. The van der Waals surface area contributed by atoms with E-state index in [0.29, 0.717) is 0 Å². The van der Waals surface area contributed by atoms with E-state index in [9.17, 15) is 4.79 Å². The van der Waals surface area contributed by atoms with E-state index >= 15 is 0 Å². The Morgan fingerprint density at radius 2 is 1.94 bits per heavy atom. The molecule has 3 nitrogen and oxygen atoms in total. The molecule has 1 aromatic rings. The van der Waals surface area contributed by atoms with Gasteiger partial charge in [-0.25, -0.2) is 0 Å². The van der Waals surface area contributed by atoms with Crippen LogP contribution in [0.25, 0.3) is 0 Å². The molecule has 0 aliphatic carbocycles. The van der Waals surface area contributed by atoms with Crippen molar-refractivity contribution < 1.29 is 9.53 Å². The first-order chi connectivity index (χ1) is 7.57. The largest absolute Gasteiger partial charge is 0.497 e. The van der Waals surface area contributed by atoms with E-state index in [4.69, 9.17) is 4.74 Å². The number of amides is 1. The molecule has 0 atom stereocenters. The van der Waals surface area contributed by atoms with Gasteiger partial charge in [0.2, 0.25) is 6.41 Å². The summed E-state index contributed by atoms with van der Waals surface area (Å²) in [5, 5.41) is 2.81. The van der Waals surface area contributed by atoms with Crippen molar-refractivity contribution in [1.82, 2.24) is 5.32 Å². The van der Waals surface area contributed by atoms with Gasteiger partial charge in [-0.15, -0.1) is 0 Å². The van der Waals surface area contributed by atoms with Gasteiger partial charge >= 0.3 is 0 Å². The lowest BCUT2D eigenvalue weighted by Gasteiger charge is -2.23. The molecule has 0 saturated heterocycles. The highest BCUT2D eigenvalue weighted by atomic mass is 16.5. The van der Waals surface area contributed by atoms with Crippen LogP contribution in [0.2, 0.25) is 0 Å². The molecule has 0 aliphatic rings. The van der Waals surface area contributed by atoms with Crippen LogP contribution in [0, 0.1) is 0 Å². The number of rotatable bonds is 6. The Kier molecular flexibility index (Phi) is 4.35. The quantitative estimate of drug-likeness (QED) is 0.747. The molecule has 0 saturated carbocycles. The molecule has 16 heavy (non-hydrogen) atoms. The fourth-order valence-corrected chi connectivity index (χ4v) is 1.48. The van der Waals surface area contributed by atoms with E-state index in [1.165, 1.54) is 5.56 Å². The Morgan fingerprint density at radius 3 is 2.44 bits per heavy atom. The first-order valence-electron chi connectivity index (χ1n) is 5.42. The van der Waals surface area contributed by atoms with Gasteiger partial charge in [-0.3, -0.25) is 4.79 Å². The minimum Gasteiger partial charge on any atom is -0.497 e. The average Bonchev–Trinajstić information content (AvgIpc) is 2.27. The highest BCUT2D eigenvalue weighted by Gasteiger charge is 2.15. The fourth-order valence-electron chi connectivity index (χ4n) is 1.48. The Hall–Kier alpha value is -1.51. The lowest BCUT2D eigenvalue weighted by Crippen LogP contribution is -2.38. The molecule has 3 heteroatoms. The molecular weight excluding hydrogens is 202 g/mol. The Labute approximate surface area is 96.8 Å². The number of nitrogens with one attached hydrogen (secondary N) is 1. The molecule has 0 aromatic heterocycles. The van der Waals surface area contributed by atoms with Gasteiger partial charge in [0, 0.05) is 5.54 Å². The second-order valence-corrected chi connectivity index (χ2v) is 4.49. The Bertz CT molecular complexity index is 330. The number of hydrogen-bond donors (Lipinski definition) is 1. The third kappa shape index (κ3) is 3.93. The number of ether oxygens (including phenoxy) is 1. The molecule has 0 heterocycles. The minimum atomic E-state index is -0.151. The van der Waals surface area contributed by atoms with Gasteiger partial charge in [0.05, 0.1) is 7.11 Å². The zero-order valence-electron chi connectivity index (χ0n) is 10.1. The topological polar surface area (TPSA) is 38.3 Å². The first kappa shape index (κ1) is 12.6. The molecule has 0 radical (unpaired) electrons. The van der Waals surface area contributed by atoms with Crippen molar-refractivity contribution in [1.29, 1.82) is 0 Å². The third-order valence-corrected chi connectivity index (χ3v) is 2.65. The maximum absolute atomic E-state index is 10.4. The maximum Gasteiger partial charge on any atom is 0.207 e. The van der Waals surface area contributed by atoms with E-state index in [1.54, 1.807) is 7.11 Å². The van der Waals surface area contributed by atoms with E-state index in [-0.39, 0.29) is 5.54 Å². The van der Waals surface area contributed by atoms with E-state index in [2.05, 4.69) is 17.4 Å². The lowest BCUT2D eigenvalue weighted by molar-refractivity contribution is -0.110. The van der Waals surface area contributed by atoms with Crippen LogP contribution in [0.5, 0.6) is 5.75 Å². The van der Waals surface area contributed by atoms with Crippen molar-refractivity contribution in [2.45, 2.75) is 32.2 Å². The van der Waals surface area contributed by atoms with Gasteiger partial charge in [0.25, 0.3) is 0 Å². The van der Waals surface area contributed by atoms with Gasteiger partial charge in [-0.1, -0.05) is 12.1 Å². The second-order valence-electron chi connectivity index (χ2n) is 4.49. The maximum atomic E-state index is 10.4. The van der Waals surface area contributed by atoms with E-state index in [0.717, 1.165) is 25.0 Å². The van der Waals surface area contributed by atoms with Crippen LogP contribution in [0.1, 0.15) is 25.8 Å². The number of carbonyl (C=O) groups excluding carboxylic acids is 1. The van der Waals surface area contributed by atoms with E-state index in [1.807, 2.05) is 26.0 Å². The van der Waals surface area contributed by atoms with Gasteiger partial charge in [0.15, 0.2) is 0 Å². The Balaban J connectivity index is 2.50. The molecule has 0 aliphatic heterocycles. The summed E-state index contributed by atoms with van der Waals surface area (Å²) in [7, 11) is 1.66. The SMILES string of the molecule is COc1ccc(CCC(C)(C)NC=O)cc1. The molecule has 88 valence electrons. The van der Waals surface area contributed by atoms with Crippen molar-refractivity contribution >= 4 is 6.41 Å². The predicted molar refractivity (Wildman–Crippen MR) is 64.6 cm³/mol. The van der Waals surface area contributed by atoms with Gasteiger partial charge in [-0.05, 0) is 44.4 Å². The van der Waals surface area contributed by atoms with E-state index < -0.39 is 0 Å². The average molecular weight is 221 g/mol. The first-order valence-corrected chi connectivity index (χ1v) is 5.42. The summed E-state index contributed by atoms with van der Waals surface area (Å²) in [6, 6.07) is 8.01. The Morgan fingerprint density at radius 1 is 1.31 bits per heavy atom. The summed E-state index contributed by atoms with van der Waals surface area (Å²) >= 11 is 0. The molecule has 1 N–H and O–H groups in total.